The van der Waals surface area contributed by atoms with Gasteiger partial charge in [0.15, 0.2) is 0 Å². The van der Waals surface area contributed by atoms with E-state index in [1.165, 1.54) is 23.1 Å². The van der Waals surface area contributed by atoms with Gasteiger partial charge in [-0.3, -0.25) is 14.5 Å². The lowest BCUT2D eigenvalue weighted by Gasteiger charge is -2.31. The van der Waals surface area contributed by atoms with Crippen molar-refractivity contribution in [1.82, 2.24) is 4.90 Å². The van der Waals surface area contributed by atoms with Crippen molar-refractivity contribution < 1.29 is 23.8 Å². The molecule has 33 heavy (non-hydrogen) atoms. The maximum absolute atomic E-state index is 13.5. The number of likely N-dealkylation sites (tertiary alicyclic amines) is 1. The Bertz CT molecular complexity index is 982. The fourth-order valence-electron chi connectivity index (χ4n) is 6.58. The molecule has 0 unspecified atom stereocenters. The van der Waals surface area contributed by atoms with Gasteiger partial charge >= 0.3 is 0 Å². The number of aliphatic hydroxyl groups excluding tert-OH is 1. The Labute approximate surface area is 195 Å². The molecule has 6 nitrogen and oxygen atoms in total. The fraction of sp³-hybridized carbons (Fsp3) is 0.630. The highest BCUT2D eigenvalue weighted by atomic mass is 16.5. The number of nitrogens with zero attached hydrogens (tertiary/aromatic N) is 1. The summed E-state index contributed by atoms with van der Waals surface area (Å²) in [6.45, 7) is 4.65. The van der Waals surface area contributed by atoms with E-state index in [9.17, 15) is 14.7 Å². The highest BCUT2D eigenvalue weighted by Crippen LogP contribution is 2.50. The molecule has 6 heteroatoms. The van der Waals surface area contributed by atoms with Crippen LogP contribution in [0.15, 0.2) is 33.3 Å². The van der Waals surface area contributed by atoms with Gasteiger partial charge in [-0.1, -0.05) is 30.4 Å². The second kappa shape index (κ2) is 9.22. The Balaban J connectivity index is 1.28. The molecule has 0 spiro atoms. The standard InChI is InChI=1S/C27H35NO5/c1-16(12-19-9-10-20(14-29)33-19)8-11-23-24-17(2)13-21-25(22(24)15-32-23)27(31)28(26(21)30)18-6-4-3-5-7-18/h9-10,12,18,21-23,25,29H,3-8,11,13-15H2,1-2H3/b16-12+/t21-,22+,23-,25-/m1/s1. The lowest BCUT2D eigenvalue weighted by molar-refractivity contribution is -0.143. The van der Waals surface area contributed by atoms with E-state index >= 15 is 0 Å². The topological polar surface area (TPSA) is 80.0 Å². The molecule has 2 aliphatic carbocycles. The van der Waals surface area contributed by atoms with Gasteiger partial charge in [-0.2, -0.15) is 0 Å². The average molecular weight is 454 g/mol. The molecule has 0 bridgehead atoms. The van der Waals surface area contributed by atoms with E-state index in [1.807, 2.05) is 12.1 Å². The van der Waals surface area contributed by atoms with E-state index in [4.69, 9.17) is 9.15 Å². The fourth-order valence-corrected chi connectivity index (χ4v) is 6.58. The highest BCUT2D eigenvalue weighted by molar-refractivity contribution is 6.06. The number of imide groups is 1. The molecular formula is C27H35NO5. The lowest BCUT2D eigenvalue weighted by atomic mass is 9.70. The molecular weight excluding hydrogens is 418 g/mol. The van der Waals surface area contributed by atoms with Crippen molar-refractivity contribution in [3.63, 3.8) is 0 Å². The molecule has 178 valence electrons. The second-order valence-corrected chi connectivity index (χ2v) is 10.3. The Kier molecular flexibility index (Phi) is 6.32. The minimum absolute atomic E-state index is 0.00976. The molecule has 1 aromatic rings. The normalized spacial score (nSPS) is 30.9. The smallest absolute Gasteiger partial charge is 0.234 e. The number of carbonyl (C=O) groups excluding carboxylic acids is 2. The zero-order chi connectivity index (χ0) is 23.1. The van der Waals surface area contributed by atoms with Crippen molar-refractivity contribution in [1.29, 1.82) is 0 Å². The molecule has 2 aliphatic heterocycles. The summed E-state index contributed by atoms with van der Waals surface area (Å²) >= 11 is 0. The number of aliphatic hydroxyl groups is 1. The van der Waals surface area contributed by atoms with Crippen LogP contribution in [0.3, 0.4) is 0 Å². The van der Waals surface area contributed by atoms with Crippen LogP contribution in [0.2, 0.25) is 0 Å². The van der Waals surface area contributed by atoms with Gasteiger partial charge in [0.25, 0.3) is 0 Å². The highest BCUT2D eigenvalue weighted by Gasteiger charge is 2.57. The number of allylic oxidation sites excluding steroid dienone is 2. The van der Waals surface area contributed by atoms with Gasteiger partial charge in [0.2, 0.25) is 11.8 Å². The van der Waals surface area contributed by atoms with Crippen LogP contribution in [0.4, 0.5) is 0 Å². The largest absolute Gasteiger partial charge is 0.459 e. The third-order valence-electron chi connectivity index (χ3n) is 8.15. The maximum Gasteiger partial charge on any atom is 0.234 e. The molecule has 2 amide bonds. The number of amides is 2. The molecule has 4 atom stereocenters. The summed E-state index contributed by atoms with van der Waals surface area (Å²) in [6.07, 6.45) is 9.77. The zero-order valence-corrected chi connectivity index (χ0v) is 19.7. The Morgan fingerprint density at radius 1 is 1.15 bits per heavy atom. The molecule has 1 saturated carbocycles. The number of fused-ring (bicyclic) bond motifs is 3. The zero-order valence-electron chi connectivity index (χ0n) is 19.7. The van der Waals surface area contributed by atoms with Gasteiger partial charge in [0.05, 0.1) is 24.5 Å². The van der Waals surface area contributed by atoms with Gasteiger partial charge < -0.3 is 14.3 Å². The first-order valence-electron chi connectivity index (χ1n) is 12.5. The minimum Gasteiger partial charge on any atom is -0.459 e. The van der Waals surface area contributed by atoms with Gasteiger partial charge in [-0.15, -0.1) is 0 Å². The molecule has 4 aliphatic rings. The van der Waals surface area contributed by atoms with Crippen LogP contribution < -0.4 is 0 Å². The number of carbonyl (C=O) groups is 2. The van der Waals surface area contributed by atoms with Crippen molar-refractivity contribution in [3.8, 4) is 0 Å². The van der Waals surface area contributed by atoms with E-state index in [0.717, 1.165) is 44.3 Å². The van der Waals surface area contributed by atoms with Crippen molar-refractivity contribution in [2.24, 2.45) is 17.8 Å². The lowest BCUT2D eigenvalue weighted by Crippen LogP contribution is -2.42. The van der Waals surface area contributed by atoms with Crippen LogP contribution in [0.1, 0.15) is 76.7 Å². The van der Waals surface area contributed by atoms with E-state index < -0.39 is 0 Å². The molecule has 1 N–H and O–H groups in total. The van der Waals surface area contributed by atoms with E-state index in [2.05, 4.69) is 13.8 Å². The molecule has 0 radical (unpaired) electrons. The molecule has 2 saturated heterocycles. The van der Waals surface area contributed by atoms with Crippen molar-refractivity contribution >= 4 is 17.9 Å². The molecule has 3 heterocycles. The molecule has 1 aromatic heterocycles. The number of hydrogen-bond donors (Lipinski definition) is 1. The monoisotopic (exact) mass is 453 g/mol. The first-order valence-corrected chi connectivity index (χ1v) is 12.5. The SMILES string of the molecule is CC1=C2[C@@H](CC/C(C)=C/c3ccc(CO)o3)OC[C@@H]2[C@@H]2C(=O)N(C3CCCCC3)C(=O)[C@@H]2C1. The Hall–Kier alpha value is -2.18. The number of ether oxygens (including phenoxy) is 1. The Morgan fingerprint density at radius 2 is 1.94 bits per heavy atom. The summed E-state index contributed by atoms with van der Waals surface area (Å²) in [4.78, 5) is 28.4. The predicted molar refractivity (Wildman–Crippen MR) is 124 cm³/mol. The summed E-state index contributed by atoms with van der Waals surface area (Å²) in [5.74, 6) is 1.04. The van der Waals surface area contributed by atoms with Crippen LogP contribution in [0.5, 0.6) is 0 Å². The summed E-state index contributed by atoms with van der Waals surface area (Å²) in [6, 6.07) is 3.76. The van der Waals surface area contributed by atoms with Crippen molar-refractivity contribution in [2.45, 2.75) is 84.0 Å². The second-order valence-electron chi connectivity index (χ2n) is 10.3. The first kappa shape index (κ1) is 22.6. The number of rotatable bonds is 6. The Morgan fingerprint density at radius 3 is 2.67 bits per heavy atom. The third kappa shape index (κ3) is 4.12. The van der Waals surface area contributed by atoms with Gasteiger partial charge in [-0.25, -0.2) is 0 Å². The summed E-state index contributed by atoms with van der Waals surface area (Å²) in [7, 11) is 0. The van der Waals surface area contributed by atoms with E-state index in [0.29, 0.717) is 18.8 Å². The van der Waals surface area contributed by atoms with Crippen LogP contribution in [-0.2, 0) is 20.9 Å². The average Bonchev–Trinajstić information content (AvgIpc) is 3.50. The molecule has 0 aromatic carbocycles. The van der Waals surface area contributed by atoms with Gasteiger partial charge in [0, 0.05) is 12.0 Å². The predicted octanol–water partition coefficient (Wildman–Crippen LogP) is 4.62. The van der Waals surface area contributed by atoms with Crippen molar-refractivity contribution in [2.75, 3.05) is 6.61 Å². The number of hydrogen-bond acceptors (Lipinski definition) is 5. The summed E-state index contributed by atoms with van der Waals surface area (Å²) in [5.41, 5.74) is 3.70. The van der Waals surface area contributed by atoms with Gasteiger partial charge in [-0.05, 0) is 69.7 Å². The van der Waals surface area contributed by atoms with E-state index in [1.54, 1.807) is 11.0 Å². The van der Waals surface area contributed by atoms with Crippen LogP contribution in [0, 0.1) is 17.8 Å². The van der Waals surface area contributed by atoms with Crippen LogP contribution in [-0.4, -0.2) is 40.6 Å². The quantitative estimate of drug-likeness (QED) is 0.502. The molecule has 5 rings (SSSR count). The minimum atomic E-state index is -0.236. The molecule has 3 fully saturated rings. The summed E-state index contributed by atoms with van der Waals surface area (Å²) in [5, 5.41) is 9.17. The number of furan rings is 1. The maximum atomic E-state index is 13.5. The van der Waals surface area contributed by atoms with Crippen molar-refractivity contribution in [3.05, 3.63) is 40.4 Å². The van der Waals surface area contributed by atoms with Gasteiger partial charge in [0.1, 0.15) is 18.1 Å². The third-order valence-corrected chi connectivity index (χ3v) is 8.15. The van der Waals surface area contributed by atoms with Crippen LogP contribution >= 0.6 is 0 Å². The summed E-state index contributed by atoms with van der Waals surface area (Å²) < 4.78 is 11.8. The van der Waals surface area contributed by atoms with Crippen LogP contribution in [0.25, 0.3) is 6.08 Å². The van der Waals surface area contributed by atoms with E-state index in [-0.39, 0.29) is 48.3 Å². The first-order chi connectivity index (χ1) is 16.0.